The van der Waals surface area contributed by atoms with Crippen LogP contribution in [0.15, 0.2) is 29.6 Å². The van der Waals surface area contributed by atoms with Crippen LogP contribution in [-0.2, 0) is 21.2 Å². The molecule has 0 radical (unpaired) electrons. The van der Waals surface area contributed by atoms with Crippen molar-refractivity contribution in [3.05, 3.63) is 50.7 Å². The average Bonchev–Trinajstić information content (AvgIpc) is 3.20. The largest absolute Gasteiger partial charge is 0.481 e. The monoisotopic (exact) mass is 441 g/mol. The number of ether oxygens (including phenoxy) is 1. The lowest BCUT2D eigenvalue weighted by Gasteiger charge is -2.30. The van der Waals surface area contributed by atoms with Gasteiger partial charge < -0.3 is 9.64 Å². The highest BCUT2D eigenvalue weighted by molar-refractivity contribution is 7.91. The highest BCUT2D eigenvalue weighted by Crippen LogP contribution is 2.26. The lowest BCUT2D eigenvalue weighted by molar-refractivity contribution is -0.140. The van der Waals surface area contributed by atoms with Gasteiger partial charge in [0.15, 0.2) is 15.9 Å². The van der Waals surface area contributed by atoms with Gasteiger partial charge in [-0.3, -0.25) is 4.79 Å². The van der Waals surface area contributed by atoms with Crippen LogP contribution in [0, 0.1) is 13.8 Å². The van der Waals surface area contributed by atoms with E-state index in [0.717, 1.165) is 16.0 Å². The molecule has 0 unspecified atom stereocenters. The lowest BCUT2D eigenvalue weighted by atomic mass is 10.1. The lowest BCUT2D eigenvalue weighted by Crippen LogP contribution is -2.46. The first-order valence-corrected chi connectivity index (χ1v) is 12.2. The van der Waals surface area contributed by atoms with Crippen molar-refractivity contribution in [2.24, 2.45) is 0 Å². The number of hydrogen-bond donors (Lipinski definition) is 0. The Hall–Kier alpha value is -1.57. The van der Waals surface area contributed by atoms with E-state index >= 15 is 0 Å². The maximum absolute atomic E-state index is 13.2. The van der Waals surface area contributed by atoms with Crippen LogP contribution in [0.4, 0.5) is 0 Å². The molecule has 1 aliphatic rings. The second kappa shape index (κ2) is 8.43. The zero-order valence-corrected chi connectivity index (χ0v) is 18.5. The van der Waals surface area contributed by atoms with E-state index in [1.807, 2.05) is 25.3 Å². The first-order chi connectivity index (χ1) is 13.2. The maximum atomic E-state index is 13.2. The summed E-state index contributed by atoms with van der Waals surface area (Å²) in [6.45, 7) is 5.97. The second-order valence-electron chi connectivity index (χ2n) is 7.22. The number of rotatable bonds is 6. The summed E-state index contributed by atoms with van der Waals surface area (Å²) in [7, 11) is -3.10. The summed E-state index contributed by atoms with van der Waals surface area (Å²) in [6, 6.07) is 6.94. The minimum atomic E-state index is -3.10. The van der Waals surface area contributed by atoms with Gasteiger partial charge in [-0.05, 0) is 68.0 Å². The van der Waals surface area contributed by atoms with Crippen LogP contribution in [0.5, 0.6) is 5.75 Å². The van der Waals surface area contributed by atoms with Crippen molar-refractivity contribution in [3.63, 3.8) is 0 Å². The number of benzene rings is 1. The van der Waals surface area contributed by atoms with Crippen LogP contribution >= 0.6 is 22.9 Å². The Bertz CT molecular complexity index is 970. The van der Waals surface area contributed by atoms with Crippen molar-refractivity contribution in [1.82, 2.24) is 4.90 Å². The maximum Gasteiger partial charge on any atom is 0.263 e. The SMILES string of the molecule is Cc1cc(O[C@@H](C)C(=O)N(Cc2sccc2C)[C@H]2CCS(=O)(=O)C2)ccc1Cl. The smallest absolute Gasteiger partial charge is 0.263 e. The third-order valence-electron chi connectivity index (χ3n) is 5.00. The Morgan fingerprint density at radius 1 is 1.32 bits per heavy atom. The van der Waals surface area contributed by atoms with Crippen LogP contribution in [0.25, 0.3) is 0 Å². The van der Waals surface area contributed by atoms with Gasteiger partial charge in [0.05, 0.1) is 18.1 Å². The van der Waals surface area contributed by atoms with Crippen LogP contribution in [0.2, 0.25) is 5.02 Å². The average molecular weight is 442 g/mol. The van der Waals surface area contributed by atoms with Gasteiger partial charge in [-0.1, -0.05) is 11.6 Å². The predicted molar refractivity (Wildman–Crippen MR) is 113 cm³/mol. The van der Waals surface area contributed by atoms with E-state index in [-0.39, 0.29) is 23.5 Å². The quantitative estimate of drug-likeness (QED) is 0.679. The van der Waals surface area contributed by atoms with Gasteiger partial charge in [-0.15, -0.1) is 11.3 Å². The molecule has 2 heterocycles. The molecule has 152 valence electrons. The molecule has 1 aromatic carbocycles. The van der Waals surface area contributed by atoms with Gasteiger partial charge in [-0.25, -0.2) is 8.42 Å². The Morgan fingerprint density at radius 3 is 2.64 bits per heavy atom. The molecular formula is C20H24ClNO4S2. The van der Waals surface area contributed by atoms with Gasteiger partial charge in [-0.2, -0.15) is 0 Å². The summed E-state index contributed by atoms with van der Waals surface area (Å²) in [5.74, 6) is 0.489. The minimum absolute atomic E-state index is 0.00986. The number of carbonyl (C=O) groups is 1. The zero-order valence-electron chi connectivity index (χ0n) is 16.1. The number of sulfone groups is 1. The number of halogens is 1. The van der Waals surface area contributed by atoms with Crippen LogP contribution in [-0.4, -0.2) is 42.9 Å². The third kappa shape index (κ3) is 4.88. The third-order valence-corrected chi connectivity index (χ3v) is 8.19. The molecule has 28 heavy (non-hydrogen) atoms. The first kappa shape index (κ1) is 21.1. The zero-order chi connectivity index (χ0) is 20.5. The van der Waals surface area contributed by atoms with Gasteiger partial charge in [0.25, 0.3) is 5.91 Å². The molecule has 0 saturated carbocycles. The molecule has 0 N–H and O–H groups in total. The van der Waals surface area contributed by atoms with Gasteiger partial charge in [0.2, 0.25) is 0 Å². The first-order valence-electron chi connectivity index (χ1n) is 9.13. The van der Waals surface area contributed by atoms with Crippen molar-refractivity contribution in [1.29, 1.82) is 0 Å². The molecule has 0 spiro atoms. The predicted octanol–water partition coefficient (Wildman–Crippen LogP) is 4.00. The number of aryl methyl sites for hydroxylation is 2. The highest BCUT2D eigenvalue weighted by atomic mass is 35.5. The number of amides is 1. The standard InChI is InChI=1S/C20H24ClNO4S2/c1-13-6-8-27-19(13)11-22(16-7-9-28(24,25)12-16)20(23)15(3)26-17-4-5-18(21)14(2)10-17/h4-6,8,10,15-16H,7,9,11-12H2,1-3H3/t15-,16-/m0/s1. The fraction of sp³-hybridized carbons (Fsp3) is 0.450. The molecule has 1 aliphatic heterocycles. The number of thiophene rings is 1. The number of carbonyl (C=O) groups excluding carboxylic acids is 1. The van der Waals surface area contributed by atoms with E-state index in [2.05, 4.69) is 0 Å². The molecule has 1 amide bonds. The van der Waals surface area contributed by atoms with E-state index < -0.39 is 15.9 Å². The molecule has 1 saturated heterocycles. The normalized spacial score (nSPS) is 19.4. The summed E-state index contributed by atoms with van der Waals surface area (Å²) in [4.78, 5) is 16.0. The fourth-order valence-corrected chi connectivity index (χ4v) is 6.06. The number of nitrogens with zero attached hydrogens (tertiary/aromatic N) is 1. The molecular weight excluding hydrogens is 418 g/mol. The molecule has 1 aromatic heterocycles. The fourth-order valence-electron chi connectivity index (χ4n) is 3.31. The van der Waals surface area contributed by atoms with E-state index in [9.17, 15) is 13.2 Å². The molecule has 2 aromatic rings. The van der Waals surface area contributed by atoms with Crippen molar-refractivity contribution < 1.29 is 17.9 Å². The minimum Gasteiger partial charge on any atom is -0.481 e. The van der Waals surface area contributed by atoms with Crippen LogP contribution in [0.1, 0.15) is 29.3 Å². The Kier molecular flexibility index (Phi) is 6.37. The van der Waals surface area contributed by atoms with Crippen LogP contribution < -0.4 is 4.74 Å². The second-order valence-corrected chi connectivity index (χ2v) is 10.9. The summed E-state index contributed by atoms with van der Waals surface area (Å²) in [5.41, 5.74) is 1.97. The van der Waals surface area contributed by atoms with E-state index in [1.165, 1.54) is 0 Å². The molecule has 2 atom stereocenters. The summed E-state index contributed by atoms with van der Waals surface area (Å²) in [5, 5.41) is 2.62. The van der Waals surface area contributed by atoms with Crippen molar-refractivity contribution in [2.75, 3.05) is 11.5 Å². The topological polar surface area (TPSA) is 63.7 Å². The summed E-state index contributed by atoms with van der Waals surface area (Å²) in [6.07, 6.45) is -0.269. The van der Waals surface area contributed by atoms with Gasteiger partial charge >= 0.3 is 0 Å². The Labute approximate surface area is 175 Å². The van der Waals surface area contributed by atoms with Crippen molar-refractivity contribution in [3.8, 4) is 5.75 Å². The Morgan fingerprint density at radius 2 is 2.07 bits per heavy atom. The van der Waals surface area contributed by atoms with E-state index in [4.69, 9.17) is 16.3 Å². The van der Waals surface area contributed by atoms with E-state index in [0.29, 0.717) is 23.7 Å². The summed E-state index contributed by atoms with van der Waals surface area (Å²) < 4.78 is 29.8. The Balaban J connectivity index is 1.80. The highest BCUT2D eigenvalue weighted by Gasteiger charge is 2.37. The molecule has 8 heteroatoms. The van der Waals surface area contributed by atoms with E-state index in [1.54, 1.807) is 41.4 Å². The van der Waals surface area contributed by atoms with Gasteiger partial charge in [0, 0.05) is 15.9 Å². The summed E-state index contributed by atoms with van der Waals surface area (Å²) >= 11 is 7.63. The molecule has 3 rings (SSSR count). The molecule has 0 bridgehead atoms. The molecule has 1 fully saturated rings. The van der Waals surface area contributed by atoms with Crippen LogP contribution in [0.3, 0.4) is 0 Å². The van der Waals surface area contributed by atoms with Crippen molar-refractivity contribution >= 4 is 38.7 Å². The van der Waals surface area contributed by atoms with Gasteiger partial charge in [0.1, 0.15) is 5.75 Å². The molecule has 0 aliphatic carbocycles. The van der Waals surface area contributed by atoms with Crippen molar-refractivity contribution in [2.45, 2.75) is 45.9 Å². The number of hydrogen-bond acceptors (Lipinski definition) is 5. The molecule has 5 nitrogen and oxygen atoms in total.